The molecule has 0 unspecified atom stereocenters. The predicted molar refractivity (Wildman–Crippen MR) is 117 cm³/mol. The molecular weight excluding hydrogens is 415 g/mol. The van der Waals surface area contributed by atoms with Gasteiger partial charge in [-0.25, -0.2) is 9.07 Å². The number of hydrogen-bond acceptors (Lipinski definition) is 6. The van der Waals surface area contributed by atoms with E-state index in [9.17, 15) is 14.0 Å². The quantitative estimate of drug-likeness (QED) is 0.708. The summed E-state index contributed by atoms with van der Waals surface area (Å²) in [6.45, 7) is 7.97. The molecule has 0 aliphatic carbocycles. The Labute approximate surface area is 186 Å². The van der Waals surface area contributed by atoms with Crippen LogP contribution in [0.25, 0.3) is 5.69 Å². The van der Waals surface area contributed by atoms with Gasteiger partial charge in [-0.1, -0.05) is 0 Å². The molecule has 0 spiro atoms. The normalized spacial score (nSPS) is 18.0. The fourth-order valence-electron chi connectivity index (χ4n) is 3.96. The molecule has 4 rings (SSSR count). The zero-order valence-electron chi connectivity index (χ0n) is 18.3. The highest BCUT2D eigenvalue weighted by molar-refractivity contribution is 5.91. The van der Waals surface area contributed by atoms with E-state index in [0.717, 1.165) is 18.8 Å². The minimum absolute atomic E-state index is 0.134. The predicted octanol–water partition coefficient (Wildman–Crippen LogP) is 0.735. The van der Waals surface area contributed by atoms with Gasteiger partial charge in [0.05, 0.1) is 37.7 Å². The molecule has 2 aromatic rings. The zero-order valence-corrected chi connectivity index (χ0v) is 18.3. The highest BCUT2D eigenvalue weighted by Crippen LogP contribution is 2.17. The fraction of sp³-hybridized carbons (Fsp3) is 0.500. The number of aryl methyl sites for hydroxylation is 1. The topological polar surface area (TPSA) is 82.9 Å². The van der Waals surface area contributed by atoms with Crippen molar-refractivity contribution in [2.75, 3.05) is 70.9 Å². The minimum Gasteiger partial charge on any atom is -0.379 e. The van der Waals surface area contributed by atoms with Crippen molar-refractivity contribution in [2.24, 2.45) is 0 Å². The Balaban J connectivity index is 1.27. The van der Waals surface area contributed by atoms with Crippen LogP contribution in [0, 0.1) is 12.7 Å². The lowest BCUT2D eigenvalue weighted by Gasteiger charge is -2.36. The van der Waals surface area contributed by atoms with E-state index in [0.29, 0.717) is 57.4 Å². The first kappa shape index (κ1) is 22.4. The summed E-state index contributed by atoms with van der Waals surface area (Å²) in [5.41, 5.74) is 1.42. The Bertz CT molecular complexity index is 934. The molecule has 0 saturated carbocycles. The first-order valence-corrected chi connectivity index (χ1v) is 10.9. The van der Waals surface area contributed by atoms with Gasteiger partial charge in [0.2, 0.25) is 11.8 Å². The Hall–Kier alpha value is -2.82. The average molecular weight is 445 g/mol. The largest absolute Gasteiger partial charge is 0.379 e. The lowest BCUT2D eigenvalue weighted by Crippen LogP contribution is -2.53. The van der Waals surface area contributed by atoms with E-state index in [2.05, 4.69) is 15.3 Å². The van der Waals surface area contributed by atoms with Crippen LogP contribution in [-0.4, -0.2) is 102 Å². The van der Waals surface area contributed by atoms with Crippen LogP contribution in [0.15, 0.2) is 30.3 Å². The number of amides is 2. The molecule has 32 heavy (non-hydrogen) atoms. The molecule has 0 radical (unpaired) electrons. The number of rotatable bonds is 6. The fourth-order valence-corrected chi connectivity index (χ4v) is 3.96. The van der Waals surface area contributed by atoms with Gasteiger partial charge >= 0.3 is 0 Å². The molecule has 2 amide bonds. The van der Waals surface area contributed by atoms with Gasteiger partial charge in [0.1, 0.15) is 11.6 Å². The standard InChI is InChI=1S/C22H29FN6O3/c1-17-14-20(29(25-17)19-4-2-18(23)3-5-19)24-21(30)15-26-6-8-28(9-7-26)22(31)16-27-10-12-32-13-11-27/h2-5,14H,6-13,15-16H2,1H3,(H,24,30). The monoisotopic (exact) mass is 444 g/mol. The Morgan fingerprint density at radius 1 is 1.00 bits per heavy atom. The van der Waals surface area contributed by atoms with E-state index in [4.69, 9.17) is 4.74 Å². The van der Waals surface area contributed by atoms with Crippen molar-refractivity contribution in [2.45, 2.75) is 6.92 Å². The van der Waals surface area contributed by atoms with E-state index in [1.807, 2.05) is 16.7 Å². The Morgan fingerprint density at radius 2 is 1.66 bits per heavy atom. The van der Waals surface area contributed by atoms with Crippen molar-refractivity contribution in [3.05, 3.63) is 41.8 Å². The Morgan fingerprint density at radius 3 is 2.34 bits per heavy atom. The molecule has 0 bridgehead atoms. The van der Waals surface area contributed by atoms with Crippen LogP contribution in [0.5, 0.6) is 0 Å². The number of carbonyl (C=O) groups is 2. The lowest BCUT2D eigenvalue weighted by atomic mass is 10.3. The molecule has 172 valence electrons. The van der Waals surface area contributed by atoms with Crippen molar-refractivity contribution in [3.63, 3.8) is 0 Å². The minimum atomic E-state index is -0.328. The van der Waals surface area contributed by atoms with Crippen LogP contribution in [0.4, 0.5) is 10.2 Å². The number of nitrogens with one attached hydrogen (secondary N) is 1. The number of benzene rings is 1. The van der Waals surface area contributed by atoms with Crippen molar-refractivity contribution < 1.29 is 18.7 Å². The van der Waals surface area contributed by atoms with Crippen LogP contribution in [0.3, 0.4) is 0 Å². The number of halogens is 1. The van der Waals surface area contributed by atoms with Crippen molar-refractivity contribution >= 4 is 17.6 Å². The second-order valence-electron chi connectivity index (χ2n) is 8.15. The molecule has 2 fully saturated rings. The summed E-state index contributed by atoms with van der Waals surface area (Å²) in [6.07, 6.45) is 0. The lowest BCUT2D eigenvalue weighted by molar-refractivity contribution is -0.135. The maximum atomic E-state index is 13.2. The smallest absolute Gasteiger partial charge is 0.239 e. The van der Waals surface area contributed by atoms with Crippen LogP contribution >= 0.6 is 0 Å². The van der Waals surface area contributed by atoms with Gasteiger partial charge in [0.25, 0.3) is 0 Å². The molecule has 1 aromatic carbocycles. The van der Waals surface area contributed by atoms with Crippen molar-refractivity contribution in [1.82, 2.24) is 24.5 Å². The molecule has 2 aliphatic rings. The second-order valence-corrected chi connectivity index (χ2v) is 8.15. The Kier molecular flexibility index (Phi) is 7.13. The maximum Gasteiger partial charge on any atom is 0.239 e. The third-order valence-corrected chi connectivity index (χ3v) is 5.72. The van der Waals surface area contributed by atoms with Crippen molar-refractivity contribution in [1.29, 1.82) is 0 Å². The number of morpholine rings is 1. The zero-order chi connectivity index (χ0) is 22.5. The third-order valence-electron chi connectivity index (χ3n) is 5.72. The number of carbonyl (C=O) groups excluding carboxylic acids is 2. The molecule has 9 nitrogen and oxygen atoms in total. The SMILES string of the molecule is Cc1cc(NC(=O)CN2CCN(C(=O)CN3CCOCC3)CC2)n(-c2ccc(F)cc2)n1. The van der Waals surface area contributed by atoms with E-state index in [1.54, 1.807) is 22.9 Å². The van der Waals surface area contributed by atoms with E-state index >= 15 is 0 Å². The van der Waals surface area contributed by atoms with Gasteiger partial charge in [-0.2, -0.15) is 5.10 Å². The van der Waals surface area contributed by atoms with E-state index < -0.39 is 0 Å². The van der Waals surface area contributed by atoms with Crippen LogP contribution < -0.4 is 5.32 Å². The number of piperazine rings is 1. The third kappa shape index (κ3) is 5.70. The number of aromatic nitrogens is 2. The first-order valence-electron chi connectivity index (χ1n) is 10.9. The molecule has 2 aliphatic heterocycles. The first-order chi connectivity index (χ1) is 15.5. The molecule has 1 aromatic heterocycles. The summed E-state index contributed by atoms with van der Waals surface area (Å²) in [4.78, 5) is 31.2. The second kappa shape index (κ2) is 10.2. The van der Waals surface area contributed by atoms with Gasteiger partial charge in [-0.3, -0.25) is 19.4 Å². The van der Waals surface area contributed by atoms with Crippen molar-refractivity contribution in [3.8, 4) is 5.69 Å². The molecule has 1 N–H and O–H groups in total. The van der Waals surface area contributed by atoms with Crippen LogP contribution in [-0.2, 0) is 14.3 Å². The molecular formula is C22H29FN6O3. The number of nitrogens with zero attached hydrogens (tertiary/aromatic N) is 5. The van der Waals surface area contributed by atoms with Crippen LogP contribution in [0.1, 0.15) is 5.69 Å². The maximum absolute atomic E-state index is 13.2. The summed E-state index contributed by atoms with van der Waals surface area (Å²) in [7, 11) is 0. The van der Waals surface area contributed by atoms with Gasteiger partial charge in [-0.05, 0) is 31.2 Å². The summed E-state index contributed by atoms with van der Waals surface area (Å²) in [5.74, 6) is 0.195. The average Bonchev–Trinajstić information content (AvgIpc) is 3.15. The molecule has 0 atom stereocenters. The summed E-state index contributed by atoms with van der Waals surface area (Å²) >= 11 is 0. The molecule has 2 saturated heterocycles. The number of hydrogen-bond donors (Lipinski definition) is 1. The summed E-state index contributed by atoms with van der Waals surface area (Å²) in [5, 5.41) is 7.30. The highest BCUT2D eigenvalue weighted by Gasteiger charge is 2.24. The molecule has 10 heteroatoms. The summed E-state index contributed by atoms with van der Waals surface area (Å²) in [6, 6.07) is 7.73. The van der Waals surface area contributed by atoms with Gasteiger partial charge in [0, 0.05) is 45.3 Å². The number of anilines is 1. The molecule has 3 heterocycles. The van der Waals surface area contributed by atoms with Gasteiger partial charge < -0.3 is 15.0 Å². The summed E-state index contributed by atoms with van der Waals surface area (Å²) < 4.78 is 20.2. The van der Waals surface area contributed by atoms with Crippen LogP contribution in [0.2, 0.25) is 0 Å². The van der Waals surface area contributed by atoms with Gasteiger partial charge in [0.15, 0.2) is 0 Å². The van der Waals surface area contributed by atoms with E-state index in [1.165, 1.54) is 12.1 Å². The van der Waals surface area contributed by atoms with E-state index in [-0.39, 0.29) is 24.2 Å². The van der Waals surface area contributed by atoms with Gasteiger partial charge in [-0.15, -0.1) is 0 Å². The number of ether oxygens (including phenoxy) is 1. The highest BCUT2D eigenvalue weighted by atomic mass is 19.1.